The third-order valence-corrected chi connectivity index (χ3v) is 4.27. The van der Waals surface area contributed by atoms with Crippen molar-refractivity contribution in [2.24, 2.45) is 0 Å². The number of carbonyl (C=O) groups excluding carboxylic acids is 1. The van der Waals surface area contributed by atoms with Crippen LogP contribution in [0.2, 0.25) is 0 Å². The summed E-state index contributed by atoms with van der Waals surface area (Å²) in [5.41, 5.74) is 2.76. The highest BCUT2D eigenvalue weighted by molar-refractivity contribution is 7.09. The first-order valence-electron chi connectivity index (χ1n) is 7.36. The average Bonchev–Trinajstić information content (AvgIpc) is 3.08. The van der Waals surface area contributed by atoms with Crippen molar-refractivity contribution >= 4 is 17.2 Å². The van der Waals surface area contributed by atoms with Gasteiger partial charge in [-0.05, 0) is 17.7 Å². The molecule has 0 fully saturated rings. The molecule has 0 saturated carbocycles. The maximum absolute atomic E-state index is 12.1. The molecule has 118 valence electrons. The van der Waals surface area contributed by atoms with Crippen molar-refractivity contribution in [2.45, 2.75) is 13.0 Å². The van der Waals surface area contributed by atoms with E-state index in [4.69, 9.17) is 5.26 Å². The maximum atomic E-state index is 12.1. The highest BCUT2D eigenvalue weighted by atomic mass is 32.1. The van der Waals surface area contributed by atoms with Gasteiger partial charge < -0.3 is 5.32 Å². The van der Waals surface area contributed by atoms with E-state index in [1.54, 1.807) is 17.4 Å². The first-order chi connectivity index (χ1) is 11.7. The molecule has 3 aromatic rings. The summed E-state index contributed by atoms with van der Waals surface area (Å²) < 4.78 is 0. The van der Waals surface area contributed by atoms with Gasteiger partial charge in [-0.25, -0.2) is 9.97 Å². The van der Waals surface area contributed by atoms with E-state index >= 15 is 0 Å². The van der Waals surface area contributed by atoms with Gasteiger partial charge >= 0.3 is 0 Å². The zero-order valence-electron chi connectivity index (χ0n) is 12.8. The molecule has 0 aliphatic carbocycles. The van der Waals surface area contributed by atoms with E-state index in [2.05, 4.69) is 27.4 Å². The Morgan fingerprint density at radius 2 is 2.04 bits per heavy atom. The lowest BCUT2D eigenvalue weighted by molar-refractivity contribution is 0.0950. The second-order valence-corrected chi connectivity index (χ2v) is 6.06. The Bertz CT molecular complexity index is 866. The third kappa shape index (κ3) is 4.03. The van der Waals surface area contributed by atoms with E-state index in [1.807, 2.05) is 29.6 Å². The van der Waals surface area contributed by atoms with Crippen molar-refractivity contribution in [3.63, 3.8) is 0 Å². The van der Waals surface area contributed by atoms with Crippen LogP contribution in [0.1, 0.15) is 32.3 Å². The number of benzene rings is 1. The number of thiazole rings is 1. The number of pyridine rings is 1. The summed E-state index contributed by atoms with van der Waals surface area (Å²) in [6.07, 6.45) is 2.19. The molecule has 6 heteroatoms. The van der Waals surface area contributed by atoms with Crippen LogP contribution >= 0.6 is 11.3 Å². The Labute approximate surface area is 143 Å². The normalized spacial score (nSPS) is 10.1. The monoisotopic (exact) mass is 334 g/mol. The second-order valence-electron chi connectivity index (χ2n) is 5.12. The van der Waals surface area contributed by atoms with Gasteiger partial charge in [0.15, 0.2) is 0 Å². The molecule has 1 amide bonds. The number of nitrogens with zero attached hydrogens (tertiary/aromatic N) is 3. The van der Waals surface area contributed by atoms with E-state index < -0.39 is 0 Å². The van der Waals surface area contributed by atoms with Crippen LogP contribution in [0.25, 0.3) is 0 Å². The van der Waals surface area contributed by atoms with E-state index in [0.29, 0.717) is 12.1 Å². The molecule has 0 aliphatic rings. The van der Waals surface area contributed by atoms with Gasteiger partial charge in [0.2, 0.25) is 0 Å². The van der Waals surface area contributed by atoms with Crippen LogP contribution in [-0.2, 0) is 13.0 Å². The first kappa shape index (κ1) is 15.8. The minimum absolute atomic E-state index is 0.232. The Balaban J connectivity index is 1.57. The van der Waals surface area contributed by atoms with Crippen LogP contribution in [0.15, 0.2) is 54.0 Å². The predicted molar refractivity (Wildman–Crippen MR) is 91.5 cm³/mol. The Morgan fingerprint density at radius 1 is 1.21 bits per heavy atom. The van der Waals surface area contributed by atoms with Gasteiger partial charge in [0, 0.05) is 18.0 Å². The molecule has 0 atom stereocenters. The van der Waals surface area contributed by atoms with Crippen LogP contribution < -0.4 is 5.32 Å². The molecule has 0 spiro atoms. The van der Waals surface area contributed by atoms with Gasteiger partial charge in [0.05, 0.1) is 22.8 Å². The molecule has 24 heavy (non-hydrogen) atoms. The molecule has 0 saturated heterocycles. The molecule has 0 bridgehead atoms. The zero-order chi connectivity index (χ0) is 16.8. The molecule has 0 radical (unpaired) electrons. The fraction of sp³-hybridized carbons (Fsp3) is 0.111. The summed E-state index contributed by atoms with van der Waals surface area (Å²) in [6.45, 7) is 0.365. The molecule has 3 rings (SSSR count). The van der Waals surface area contributed by atoms with Crippen LogP contribution in [0.3, 0.4) is 0 Å². The lowest BCUT2D eigenvalue weighted by Crippen LogP contribution is -2.23. The summed E-state index contributed by atoms with van der Waals surface area (Å²) in [5.74, 6) is -0.232. The summed E-state index contributed by atoms with van der Waals surface area (Å²) >= 11 is 1.59. The fourth-order valence-corrected chi connectivity index (χ4v) is 2.98. The van der Waals surface area contributed by atoms with Crippen molar-refractivity contribution in [1.82, 2.24) is 15.3 Å². The van der Waals surface area contributed by atoms with Gasteiger partial charge in [-0.2, -0.15) is 5.26 Å². The van der Waals surface area contributed by atoms with E-state index in [0.717, 1.165) is 17.1 Å². The molecule has 1 N–H and O–H groups in total. The minimum Gasteiger partial charge on any atom is -0.346 e. The van der Waals surface area contributed by atoms with Crippen LogP contribution in [-0.4, -0.2) is 15.9 Å². The SMILES string of the molecule is N#Cc1ccc(C(=O)NCc2csc(Cc3ccccc3)n2)cn1. The van der Waals surface area contributed by atoms with Crippen molar-refractivity contribution < 1.29 is 4.79 Å². The van der Waals surface area contributed by atoms with Gasteiger partial charge in [-0.1, -0.05) is 30.3 Å². The lowest BCUT2D eigenvalue weighted by Gasteiger charge is -2.03. The van der Waals surface area contributed by atoms with Crippen molar-refractivity contribution in [3.8, 4) is 6.07 Å². The van der Waals surface area contributed by atoms with Gasteiger partial charge in [-0.3, -0.25) is 4.79 Å². The summed E-state index contributed by atoms with van der Waals surface area (Å²) in [4.78, 5) is 20.5. The number of rotatable bonds is 5. The molecular formula is C18H14N4OS. The molecular weight excluding hydrogens is 320 g/mol. The summed E-state index contributed by atoms with van der Waals surface area (Å²) in [5, 5.41) is 14.5. The van der Waals surface area contributed by atoms with E-state index in [9.17, 15) is 4.79 Å². The number of hydrogen-bond donors (Lipinski definition) is 1. The number of nitrogens with one attached hydrogen (secondary N) is 1. The number of aromatic nitrogens is 2. The number of carbonyl (C=O) groups is 1. The van der Waals surface area contributed by atoms with Gasteiger partial charge in [0.1, 0.15) is 11.8 Å². The van der Waals surface area contributed by atoms with Crippen molar-refractivity contribution in [2.75, 3.05) is 0 Å². The zero-order valence-corrected chi connectivity index (χ0v) is 13.6. The number of nitriles is 1. The average molecular weight is 334 g/mol. The summed E-state index contributed by atoms with van der Waals surface area (Å²) in [6, 6.07) is 15.2. The van der Waals surface area contributed by atoms with Gasteiger partial charge in [0.25, 0.3) is 5.91 Å². The van der Waals surface area contributed by atoms with E-state index in [-0.39, 0.29) is 11.6 Å². The van der Waals surface area contributed by atoms with Crippen LogP contribution in [0.5, 0.6) is 0 Å². The second kappa shape index (κ2) is 7.49. The van der Waals surface area contributed by atoms with Crippen LogP contribution in [0.4, 0.5) is 0 Å². The number of amides is 1. The Hall–Kier alpha value is -3.04. The molecule has 5 nitrogen and oxygen atoms in total. The largest absolute Gasteiger partial charge is 0.346 e. The van der Waals surface area contributed by atoms with Crippen molar-refractivity contribution in [3.05, 3.63) is 81.6 Å². The van der Waals surface area contributed by atoms with Crippen LogP contribution in [0, 0.1) is 11.3 Å². The molecule has 0 unspecified atom stereocenters. The predicted octanol–water partition coefficient (Wildman–Crippen LogP) is 2.93. The Morgan fingerprint density at radius 3 is 2.75 bits per heavy atom. The van der Waals surface area contributed by atoms with Crippen molar-refractivity contribution in [1.29, 1.82) is 5.26 Å². The number of hydrogen-bond acceptors (Lipinski definition) is 5. The molecule has 2 heterocycles. The maximum Gasteiger partial charge on any atom is 0.253 e. The topological polar surface area (TPSA) is 78.7 Å². The standard InChI is InChI=1S/C18H14N4OS/c19-9-15-7-6-14(10-20-15)18(23)21-11-16-12-24-17(22-16)8-13-4-2-1-3-5-13/h1-7,10,12H,8,11H2,(H,21,23). The lowest BCUT2D eigenvalue weighted by atomic mass is 10.2. The third-order valence-electron chi connectivity index (χ3n) is 3.37. The summed E-state index contributed by atoms with van der Waals surface area (Å²) in [7, 11) is 0. The first-order valence-corrected chi connectivity index (χ1v) is 8.24. The molecule has 0 aliphatic heterocycles. The quantitative estimate of drug-likeness (QED) is 0.778. The highest BCUT2D eigenvalue weighted by Crippen LogP contribution is 2.14. The fourth-order valence-electron chi connectivity index (χ4n) is 2.15. The smallest absolute Gasteiger partial charge is 0.253 e. The molecule has 2 aromatic heterocycles. The van der Waals surface area contributed by atoms with Gasteiger partial charge in [-0.15, -0.1) is 11.3 Å². The van der Waals surface area contributed by atoms with E-state index in [1.165, 1.54) is 17.8 Å². The highest BCUT2D eigenvalue weighted by Gasteiger charge is 2.08. The Kier molecular flexibility index (Phi) is 4.94. The minimum atomic E-state index is -0.232. The molecule has 1 aromatic carbocycles.